The van der Waals surface area contributed by atoms with E-state index in [9.17, 15) is 0 Å². The van der Waals surface area contributed by atoms with Gasteiger partial charge in [-0.3, -0.25) is 0 Å². The maximum Gasteiger partial charge on any atom is 0.0447 e. The van der Waals surface area contributed by atoms with Crippen LogP contribution in [-0.2, 0) is 11.0 Å². The Labute approximate surface area is 111 Å². The van der Waals surface area contributed by atoms with Gasteiger partial charge < -0.3 is 5.73 Å². The lowest BCUT2D eigenvalue weighted by Gasteiger charge is -2.36. The van der Waals surface area contributed by atoms with Crippen LogP contribution in [0.2, 0.25) is 0 Å². The molecule has 0 saturated heterocycles. The Kier molecular flexibility index (Phi) is 3.37. The summed E-state index contributed by atoms with van der Waals surface area (Å²) in [7, 11) is 0. The summed E-state index contributed by atoms with van der Waals surface area (Å²) < 4.78 is 0. The predicted octanol–water partition coefficient (Wildman–Crippen LogP) is 4.27. The molecule has 1 aromatic carbocycles. The SMILES string of the molecule is C=C1CCC[C@@](N)(c2cccc(C(C)(C)C)c2)C1. The lowest BCUT2D eigenvalue weighted by Crippen LogP contribution is -2.39. The van der Waals surface area contributed by atoms with Gasteiger partial charge in [-0.05, 0) is 42.2 Å². The first-order chi connectivity index (χ1) is 8.31. The van der Waals surface area contributed by atoms with Gasteiger partial charge in [-0.15, -0.1) is 0 Å². The first-order valence-electron chi connectivity index (χ1n) is 6.88. The third-order valence-corrected chi connectivity index (χ3v) is 4.02. The van der Waals surface area contributed by atoms with Crippen LogP contribution in [0.3, 0.4) is 0 Å². The summed E-state index contributed by atoms with van der Waals surface area (Å²) in [5, 5.41) is 0. The predicted molar refractivity (Wildman–Crippen MR) is 78.6 cm³/mol. The maximum atomic E-state index is 6.62. The standard InChI is InChI=1S/C17H25N/c1-13-7-6-10-17(18,12-13)15-9-5-8-14(11-15)16(2,3)4/h5,8-9,11H,1,6-7,10,12,18H2,2-4H3/t17-/m0/s1. The molecule has 0 bridgehead atoms. The fraction of sp³-hybridized carbons (Fsp3) is 0.529. The molecule has 1 saturated carbocycles. The number of hydrogen-bond acceptors (Lipinski definition) is 1. The van der Waals surface area contributed by atoms with Crippen molar-refractivity contribution >= 4 is 0 Å². The van der Waals surface area contributed by atoms with Crippen LogP contribution in [0.15, 0.2) is 36.4 Å². The molecule has 1 atom stereocenters. The zero-order valence-corrected chi connectivity index (χ0v) is 11.9. The van der Waals surface area contributed by atoms with Crippen molar-refractivity contribution in [3.05, 3.63) is 47.5 Å². The quantitative estimate of drug-likeness (QED) is 0.732. The summed E-state index contributed by atoms with van der Waals surface area (Å²) in [6.45, 7) is 10.9. The van der Waals surface area contributed by atoms with E-state index in [0.29, 0.717) is 0 Å². The van der Waals surface area contributed by atoms with Crippen molar-refractivity contribution in [1.82, 2.24) is 0 Å². The molecule has 1 aromatic rings. The minimum atomic E-state index is -0.198. The molecule has 1 heteroatoms. The second-order valence-corrected chi connectivity index (χ2v) is 6.77. The van der Waals surface area contributed by atoms with Gasteiger partial charge in [-0.25, -0.2) is 0 Å². The molecular weight excluding hydrogens is 218 g/mol. The summed E-state index contributed by atoms with van der Waals surface area (Å²) in [4.78, 5) is 0. The smallest absolute Gasteiger partial charge is 0.0447 e. The summed E-state index contributed by atoms with van der Waals surface area (Å²) in [5.41, 5.74) is 10.5. The van der Waals surface area contributed by atoms with Gasteiger partial charge in [0, 0.05) is 5.54 Å². The topological polar surface area (TPSA) is 26.0 Å². The van der Waals surface area contributed by atoms with E-state index in [4.69, 9.17) is 5.73 Å². The van der Waals surface area contributed by atoms with E-state index in [0.717, 1.165) is 25.7 Å². The molecule has 1 aliphatic carbocycles. The third-order valence-electron chi connectivity index (χ3n) is 4.02. The molecule has 0 unspecified atom stereocenters. The highest BCUT2D eigenvalue weighted by Gasteiger charge is 2.31. The Morgan fingerprint density at radius 3 is 2.61 bits per heavy atom. The number of nitrogens with two attached hydrogens (primary N) is 1. The van der Waals surface area contributed by atoms with Gasteiger partial charge >= 0.3 is 0 Å². The van der Waals surface area contributed by atoms with Crippen molar-refractivity contribution in [2.24, 2.45) is 5.73 Å². The second-order valence-electron chi connectivity index (χ2n) is 6.77. The van der Waals surface area contributed by atoms with E-state index in [2.05, 4.69) is 51.6 Å². The molecule has 18 heavy (non-hydrogen) atoms. The molecule has 0 heterocycles. The minimum Gasteiger partial charge on any atom is -0.321 e. The van der Waals surface area contributed by atoms with Gasteiger partial charge in [0.2, 0.25) is 0 Å². The van der Waals surface area contributed by atoms with Crippen molar-refractivity contribution in [2.75, 3.05) is 0 Å². The van der Waals surface area contributed by atoms with Crippen molar-refractivity contribution < 1.29 is 0 Å². The highest BCUT2D eigenvalue weighted by atomic mass is 14.7. The van der Waals surface area contributed by atoms with Gasteiger partial charge in [0.15, 0.2) is 0 Å². The van der Waals surface area contributed by atoms with E-state index < -0.39 is 0 Å². The average Bonchev–Trinajstić information content (AvgIpc) is 2.28. The van der Waals surface area contributed by atoms with Crippen molar-refractivity contribution in [3.63, 3.8) is 0 Å². The normalized spacial score (nSPS) is 25.2. The van der Waals surface area contributed by atoms with Gasteiger partial charge in [0.25, 0.3) is 0 Å². The number of benzene rings is 1. The van der Waals surface area contributed by atoms with E-state index in [1.165, 1.54) is 16.7 Å². The molecule has 0 aromatic heterocycles. The van der Waals surface area contributed by atoms with E-state index in [-0.39, 0.29) is 11.0 Å². The van der Waals surface area contributed by atoms with Gasteiger partial charge in [-0.2, -0.15) is 0 Å². The van der Waals surface area contributed by atoms with Crippen LogP contribution in [0.4, 0.5) is 0 Å². The molecular formula is C17H25N. The second kappa shape index (κ2) is 4.55. The Morgan fingerprint density at radius 1 is 1.28 bits per heavy atom. The summed E-state index contributed by atoms with van der Waals surface area (Å²) >= 11 is 0. The monoisotopic (exact) mass is 243 g/mol. The lowest BCUT2D eigenvalue weighted by atomic mass is 9.74. The van der Waals surface area contributed by atoms with Gasteiger partial charge in [-0.1, -0.05) is 57.2 Å². The van der Waals surface area contributed by atoms with E-state index >= 15 is 0 Å². The first kappa shape index (κ1) is 13.4. The van der Waals surface area contributed by atoms with Crippen LogP contribution >= 0.6 is 0 Å². The van der Waals surface area contributed by atoms with Crippen LogP contribution in [0.5, 0.6) is 0 Å². The molecule has 0 radical (unpaired) electrons. The molecule has 2 rings (SSSR count). The highest BCUT2D eigenvalue weighted by molar-refractivity contribution is 5.34. The van der Waals surface area contributed by atoms with Crippen LogP contribution in [0, 0.1) is 0 Å². The highest BCUT2D eigenvalue weighted by Crippen LogP contribution is 2.38. The summed E-state index contributed by atoms with van der Waals surface area (Å²) in [6.07, 6.45) is 4.30. The van der Waals surface area contributed by atoms with Crippen molar-refractivity contribution in [1.29, 1.82) is 0 Å². The fourth-order valence-corrected chi connectivity index (χ4v) is 2.82. The van der Waals surface area contributed by atoms with E-state index in [1.54, 1.807) is 0 Å². The van der Waals surface area contributed by atoms with Crippen LogP contribution < -0.4 is 5.73 Å². The Morgan fingerprint density at radius 2 is 2.00 bits per heavy atom. The van der Waals surface area contributed by atoms with Crippen LogP contribution in [-0.4, -0.2) is 0 Å². The minimum absolute atomic E-state index is 0.179. The zero-order chi connectivity index (χ0) is 13.4. The Bertz CT molecular complexity index is 453. The van der Waals surface area contributed by atoms with Gasteiger partial charge in [0.1, 0.15) is 0 Å². The van der Waals surface area contributed by atoms with Gasteiger partial charge in [0.05, 0.1) is 0 Å². The Balaban J connectivity index is 2.36. The maximum absolute atomic E-state index is 6.62. The van der Waals surface area contributed by atoms with Crippen molar-refractivity contribution in [3.8, 4) is 0 Å². The molecule has 1 aliphatic rings. The molecule has 0 aliphatic heterocycles. The molecule has 2 N–H and O–H groups in total. The van der Waals surface area contributed by atoms with E-state index in [1.807, 2.05) is 0 Å². The number of rotatable bonds is 1. The average molecular weight is 243 g/mol. The van der Waals surface area contributed by atoms with Crippen LogP contribution in [0.1, 0.15) is 57.6 Å². The Hall–Kier alpha value is -1.08. The zero-order valence-electron chi connectivity index (χ0n) is 11.9. The number of hydrogen-bond donors (Lipinski definition) is 1. The molecule has 0 amide bonds. The summed E-state index contributed by atoms with van der Waals surface area (Å²) in [6, 6.07) is 8.80. The largest absolute Gasteiger partial charge is 0.321 e. The summed E-state index contributed by atoms with van der Waals surface area (Å²) in [5.74, 6) is 0. The molecule has 1 nitrogen and oxygen atoms in total. The molecule has 98 valence electrons. The van der Waals surface area contributed by atoms with Crippen molar-refractivity contribution in [2.45, 2.75) is 57.4 Å². The lowest BCUT2D eigenvalue weighted by molar-refractivity contribution is 0.353. The fourth-order valence-electron chi connectivity index (χ4n) is 2.82. The third kappa shape index (κ3) is 2.67. The first-order valence-corrected chi connectivity index (χ1v) is 6.88. The van der Waals surface area contributed by atoms with Crippen LogP contribution in [0.25, 0.3) is 0 Å². The molecule has 1 fully saturated rings. The molecule has 0 spiro atoms.